The van der Waals surface area contributed by atoms with E-state index in [1.54, 1.807) is 7.05 Å². The maximum absolute atomic E-state index is 12.5. The van der Waals surface area contributed by atoms with Crippen LogP contribution in [0, 0.1) is 17.3 Å². The fourth-order valence-electron chi connectivity index (χ4n) is 3.04. The van der Waals surface area contributed by atoms with Crippen LogP contribution in [-0.4, -0.2) is 67.8 Å². The van der Waals surface area contributed by atoms with E-state index in [-0.39, 0.29) is 36.2 Å². The Kier molecular flexibility index (Phi) is 7.13. The average Bonchev–Trinajstić information content (AvgIpc) is 3.14. The van der Waals surface area contributed by atoms with Gasteiger partial charge < -0.3 is 10.2 Å². The van der Waals surface area contributed by atoms with E-state index in [0.717, 1.165) is 6.54 Å². The summed E-state index contributed by atoms with van der Waals surface area (Å²) in [4.78, 5) is 27.5. The molecule has 24 heavy (non-hydrogen) atoms. The highest BCUT2D eigenvalue weighted by atomic mass is 19.3. The average molecular weight is 347 g/mol. The predicted molar refractivity (Wildman–Crippen MR) is 89.8 cm³/mol. The summed E-state index contributed by atoms with van der Waals surface area (Å²) in [5.41, 5.74) is 0.110. The molecular formula is C17H31F2N3O2. The van der Waals surface area contributed by atoms with Crippen LogP contribution in [-0.2, 0) is 9.59 Å². The molecule has 0 saturated heterocycles. The summed E-state index contributed by atoms with van der Waals surface area (Å²) in [5.74, 6) is -1.72. The van der Waals surface area contributed by atoms with E-state index in [2.05, 4.69) is 26.1 Å². The molecule has 140 valence electrons. The Morgan fingerprint density at radius 2 is 1.83 bits per heavy atom. The second kappa shape index (κ2) is 8.23. The first-order chi connectivity index (χ1) is 10.9. The number of nitrogens with one attached hydrogen (secondary N) is 1. The van der Waals surface area contributed by atoms with Gasteiger partial charge in [-0.25, -0.2) is 8.78 Å². The molecule has 0 spiro atoms. The number of amides is 2. The lowest BCUT2D eigenvalue weighted by atomic mass is 9.96. The van der Waals surface area contributed by atoms with Crippen molar-refractivity contribution in [3.8, 4) is 0 Å². The van der Waals surface area contributed by atoms with Crippen LogP contribution in [0.5, 0.6) is 0 Å². The molecule has 3 atom stereocenters. The van der Waals surface area contributed by atoms with Crippen LogP contribution in [0.3, 0.4) is 0 Å². The van der Waals surface area contributed by atoms with Crippen LogP contribution in [0.2, 0.25) is 0 Å². The third kappa shape index (κ3) is 7.11. The summed E-state index contributed by atoms with van der Waals surface area (Å²) in [6, 6.07) is -0.224. The summed E-state index contributed by atoms with van der Waals surface area (Å²) in [5, 5.41) is 2.85. The Hall–Kier alpha value is -1.24. The Morgan fingerprint density at radius 1 is 1.25 bits per heavy atom. The van der Waals surface area contributed by atoms with Crippen LogP contribution in [0.4, 0.5) is 8.78 Å². The summed E-state index contributed by atoms with van der Waals surface area (Å²) in [6.07, 6.45) is -2.16. The molecule has 0 radical (unpaired) electrons. The fourth-order valence-corrected chi connectivity index (χ4v) is 3.04. The van der Waals surface area contributed by atoms with Gasteiger partial charge in [0, 0.05) is 38.0 Å². The van der Waals surface area contributed by atoms with E-state index in [1.807, 2.05) is 18.9 Å². The van der Waals surface area contributed by atoms with Crippen LogP contribution >= 0.6 is 0 Å². The number of hydrogen-bond acceptors (Lipinski definition) is 3. The first-order valence-corrected chi connectivity index (χ1v) is 8.41. The molecular weight excluding hydrogens is 316 g/mol. The Bertz CT molecular complexity index is 452. The van der Waals surface area contributed by atoms with Gasteiger partial charge in [-0.3, -0.25) is 14.5 Å². The smallest absolute Gasteiger partial charge is 0.242 e. The summed E-state index contributed by atoms with van der Waals surface area (Å²) >= 11 is 0. The molecule has 0 aromatic rings. The molecule has 1 fully saturated rings. The summed E-state index contributed by atoms with van der Waals surface area (Å²) in [6.45, 7) is 9.53. The van der Waals surface area contributed by atoms with Gasteiger partial charge in [-0.05, 0) is 25.8 Å². The van der Waals surface area contributed by atoms with Gasteiger partial charge in [0.15, 0.2) is 0 Å². The topological polar surface area (TPSA) is 52.7 Å². The summed E-state index contributed by atoms with van der Waals surface area (Å²) < 4.78 is 25.1. The second-order valence-corrected chi connectivity index (χ2v) is 8.26. The number of rotatable bonds is 8. The lowest BCUT2D eigenvalue weighted by molar-refractivity contribution is -0.133. The zero-order valence-electron chi connectivity index (χ0n) is 15.6. The first-order valence-electron chi connectivity index (χ1n) is 8.41. The van der Waals surface area contributed by atoms with Crippen molar-refractivity contribution in [2.45, 2.75) is 46.6 Å². The van der Waals surface area contributed by atoms with Crippen LogP contribution < -0.4 is 5.32 Å². The number of halogens is 2. The van der Waals surface area contributed by atoms with Crippen LogP contribution in [0.15, 0.2) is 0 Å². The molecule has 2 amide bonds. The van der Waals surface area contributed by atoms with Crippen LogP contribution in [0.1, 0.15) is 34.1 Å². The highest BCUT2D eigenvalue weighted by molar-refractivity contribution is 5.82. The van der Waals surface area contributed by atoms with Gasteiger partial charge in [-0.2, -0.15) is 0 Å². The largest absolute Gasteiger partial charge is 0.351 e. The zero-order chi connectivity index (χ0) is 18.7. The van der Waals surface area contributed by atoms with Gasteiger partial charge in [-0.15, -0.1) is 0 Å². The lowest BCUT2D eigenvalue weighted by Crippen LogP contribution is -2.46. The molecule has 1 rings (SSSR count). The van der Waals surface area contributed by atoms with E-state index in [1.165, 1.54) is 4.90 Å². The van der Waals surface area contributed by atoms with Crippen molar-refractivity contribution in [1.82, 2.24) is 15.1 Å². The molecule has 1 N–H and O–H groups in total. The maximum Gasteiger partial charge on any atom is 0.242 e. The van der Waals surface area contributed by atoms with E-state index >= 15 is 0 Å². The number of carbonyl (C=O) groups is 2. The minimum atomic E-state index is -2.43. The van der Waals surface area contributed by atoms with Crippen LogP contribution in [0.25, 0.3) is 0 Å². The molecule has 1 unspecified atom stereocenters. The summed E-state index contributed by atoms with van der Waals surface area (Å²) in [7, 11) is 3.49. The molecule has 0 aromatic heterocycles. The third-order valence-corrected chi connectivity index (χ3v) is 3.97. The number of hydrogen-bond donors (Lipinski definition) is 1. The molecule has 0 bridgehead atoms. The number of carbonyl (C=O) groups excluding carboxylic acids is 2. The highest BCUT2D eigenvalue weighted by Crippen LogP contribution is 2.44. The normalized spacial score (nSPS) is 21.8. The SMILES string of the molecule is CC(CN(C)C(=O)[C@H]1C[C@@H]1C(F)F)NC(=O)CN(C)CC(C)(C)C. The van der Waals surface area contributed by atoms with Gasteiger partial charge in [0.05, 0.1) is 6.54 Å². The van der Waals surface area contributed by atoms with Gasteiger partial charge >= 0.3 is 0 Å². The van der Waals surface area contributed by atoms with Gasteiger partial charge in [-0.1, -0.05) is 20.8 Å². The number of nitrogens with zero attached hydrogens (tertiary/aromatic N) is 2. The zero-order valence-corrected chi connectivity index (χ0v) is 15.6. The van der Waals surface area contributed by atoms with E-state index in [9.17, 15) is 18.4 Å². The quantitative estimate of drug-likeness (QED) is 0.729. The van der Waals surface area contributed by atoms with Crippen molar-refractivity contribution >= 4 is 11.8 Å². The minimum Gasteiger partial charge on any atom is -0.351 e. The predicted octanol–water partition coefficient (Wildman–Crippen LogP) is 1.83. The molecule has 7 heteroatoms. The monoisotopic (exact) mass is 347 g/mol. The Morgan fingerprint density at radius 3 is 2.29 bits per heavy atom. The molecule has 1 aliphatic rings. The Balaban J connectivity index is 2.33. The van der Waals surface area contributed by atoms with Crippen molar-refractivity contribution in [1.29, 1.82) is 0 Å². The molecule has 1 aliphatic carbocycles. The molecule has 0 aromatic carbocycles. The van der Waals surface area contributed by atoms with E-state index in [4.69, 9.17) is 0 Å². The van der Waals surface area contributed by atoms with Crippen molar-refractivity contribution < 1.29 is 18.4 Å². The molecule has 0 aliphatic heterocycles. The van der Waals surface area contributed by atoms with Gasteiger partial charge in [0.25, 0.3) is 0 Å². The van der Waals surface area contributed by atoms with Crippen molar-refractivity contribution in [3.05, 3.63) is 0 Å². The minimum absolute atomic E-state index is 0.105. The molecule has 5 nitrogen and oxygen atoms in total. The first kappa shape index (κ1) is 20.8. The molecule has 1 saturated carbocycles. The van der Waals surface area contributed by atoms with E-state index < -0.39 is 18.3 Å². The number of likely N-dealkylation sites (N-methyl/N-ethyl adjacent to an activating group) is 2. The van der Waals surface area contributed by atoms with Crippen molar-refractivity contribution in [2.75, 3.05) is 33.7 Å². The molecule has 0 heterocycles. The van der Waals surface area contributed by atoms with E-state index in [0.29, 0.717) is 6.54 Å². The highest BCUT2D eigenvalue weighted by Gasteiger charge is 2.49. The standard InChI is InChI=1S/C17H31F2N3O2/c1-11(20-14(23)9-21(5)10-17(2,3)4)8-22(6)16(24)13-7-12(13)15(18)19/h11-13,15H,7-10H2,1-6H3,(H,20,23)/t11?,12-,13-/m0/s1. The van der Waals surface area contributed by atoms with Gasteiger partial charge in [0.1, 0.15) is 0 Å². The van der Waals surface area contributed by atoms with Gasteiger partial charge in [0.2, 0.25) is 18.2 Å². The van der Waals surface area contributed by atoms with Crippen molar-refractivity contribution in [2.24, 2.45) is 17.3 Å². The second-order valence-electron chi connectivity index (χ2n) is 8.26. The fraction of sp³-hybridized carbons (Fsp3) is 0.882. The number of alkyl halides is 2. The lowest BCUT2D eigenvalue weighted by Gasteiger charge is -2.27. The Labute approximate surface area is 143 Å². The maximum atomic E-state index is 12.5. The van der Waals surface area contributed by atoms with Crippen molar-refractivity contribution in [3.63, 3.8) is 0 Å². The third-order valence-electron chi connectivity index (χ3n) is 3.97.